The van der Waals surface area contributed by atoms with Gasteiger partial charge in [0.05, 0.1) is 0 Å². The zero-order valence-corrected chi connectivity index (χ0v) is 11.1. The van der Waals surface area contributed by atoms with Crippen LogP contribution < -0.4 is 5.73 Å². The first-order valence-corrected chi connectivity index (χ1v) is 7.11. The van der Waals surface area contributed by atoms with Crippen LogP contribution in [0.15, 0.2) is 35.7 Å². The first kappa shape index (κ1) is 12.2. The van der Waals surface area contributed by atoms with E-state index in [1.54, 1.807) is 0 Å². The fourth-order valence-corrected chi connectivity index (χ4v) is 2.83. The summed E-state index contributed by atoms with van der Waals surface area (Å²) in [5.41, 5.74) is 9.10. The topological polar surface area (TPSA) is 26.0 Å². The highest BCUT2D eigenvalue weighted by atomic mass is 32.1. The molecule has 2 aromatic rings. The molecule has 1 aromatic heterocycles. The first-order chi connectivity index (χ1) is 8.29. The van der Waals surface area contributed by atoms with Crippen LogP contribution in [0, 0.1) is 0 Å². The molecule has 0 aliphatic heterocycles. The molecule has 17 heavy (non-hydrogen) atoms. The largest absolute Gasteiger partial charge is 0.399 e. The molecule has 2 rings (SSSR count). The molecule has 0 radical (unpaired) electrons. The van der Waals surface area contributed by atoms with Gasteiger partial charge in [-0.1, -0.05) is 31.9 Å². The van der Waals surface area contributed by atoms with E-state index in [-0.39, 0.29) is 0 Å². The molecule has 0 fully saturated rings. The van der Waals surface area contributed by atoms with Crippen LogP contribution in [0.5, 0.6) is 0 Å². The first-order valence-electron chi connectivity index (χ1n) is 6.23. The number of thiophene rings is 1. The van der Waals surface area contributed by atoms with Gasteiger partial charge in [-0.25, -0.2) is 0 Å². The summed E-state index contributed by atoms with van der Waals surface area (Å²) in [5.74, 6) is 0. The van der Waals surface area contributed by atoms with Crippen molar-refractivity contribution in [2.24, 2.45) is 0 Å². The lowest BCUT2D eigenvalue weighted by Crippen LogP contribution is -1.83. The summed E-state index contributed by atoms with van der Waals surface area (Å²) in [4.78, 5) is 1.49. The van der Waals surface area contributed by atoms with Crippen LogP contribution in [0.2, 0.25) is 0 Å². The molecule has 2 N–H and O–H groups in total. The highest BCUT2D eigenvalue weighted by molar-refractivity contribution is 7.10. The van der Waals surface area contributed by atoms with Crippen molar-refractivity contribution < 1.29 is 0 Å². The molecule has 0 amide bonds. The van der Waals surface area contributed by atoms with Crippen molar-refractivity contribution in [3.63, 3.8) is 0 Å². The van der Waals surface area contributed by atoms with E-state index >= 15 is 0 Å². The highest BCUT2D eigenvalue weighted by Crippen LogP contribution is 2.27. The third-order valence-corrected chi connectivity index (χ3v) is 3.92. The number of aryl methyl sites for hydroxylation is 1. The summed E-state index contributed by atoms with van der Waals surface area (Å²) in [5, 5.41) is 2.24. The normalized spacial score (nSPS) is 10.6. The van der Waals surface area contributed by atoms with Gasteiger partial charge >= 0.3 is 0 Å². The average Bonchev–Trinajstić information content (AvgIpc) is 2.79. The van der Waals surface area contributed by atoms with Crippen LogP contribution in [0.25, 0.3) is 11.1 Å². The lowest BCUT2D eigenvalue weighted by atomic mass is 10.1. The number of benzene rings is 1. The van der Waals surface area contributed by atoms with Gasteiger partial charge in [0.1, 0.15) is 0 Å². The Morgan fingerprint density at radius 3 is 2.53 bits per heavy atom. The molecule has 90 valence electrons. The van der Waals surface area contributed by atoms with Crippen molar-refractivity contribution in [1.29, 1.82) is 0 Å². The number of hydrogen-bond acceptors (Lipinski definition) is 2. The summed E-state index contributed by atoms with van der Waals surface area (Å²) in [6.45, 7) is 2.24. The maximum Gasteiger partial charge on any atom is 0.0314 e. The van der Waals surface area contributed by atoms with Crippen molar-refractivity contribution in [1.82, 2.24) is 0 Å². The van der Waals surface area contributed by atoms with E-state index in [0.717, 1.165) is 5.69 Å². The van der Waals surface area contributed by atoms with Crippen molar-refractivity contribution in [3.8, 4) is 11.1 Å². The second-order valence-corrected chi connectivity index (χ2v) is 5.38. The van der Waals surface area contributed by atoms with Crippen LogP contribution in [-0.4, -0.2) is 0 Å². The van der Waals surface area contributed by atoms with E-state index in [9.17, 15) is 0 Å². The van der Waals surface area contributed by atoms with Gasteiger partial charge in [0, 0.05) is 10.6 Å². The molecule has 1 nitrogen and oxygen atoms in total. The molecule has 0 aliphatic rings. The lowest BCUT2D eigenvalue weighted by Gasteiger charge is -1.98. The number of rotatable bonds is 5. The Balaban J connectivity index is 2.04. The van der Waals surface area contributed by atoms with Gasteiger partial charge < -0.3 is 5.73 Å². The predicted octanol–water partition coefficient (Wildman–Crippen LogP) is 4.73. The molecule has 0 spiro atoms. The maximum atomic E-state index is 5.69. The Hall–Kier alpha value is -1.28. The fourth-order valence-electron chi connectivity index (χ4n) is 1.89. The fraction of sp³-hybridized carbons (Fsp3) is 0.333. The Kier molecular flexibility index (Phi) is 4.21. The van der Waals surface area contributed by atoms with E-state index in [1.165, 1.54) is 41.7 Å². The maximum absolute atomic E-state index is 5.69. The molecule has 0 unspecified atom stereocenters. The van der Waals surface area contributed by atoms with Crippen LogP contribution in [0.4, 0.5) is 5.69 Å². The van der Waals surface area contributed by atoms with Crippen molar-refractivity contribution in [3.05, 3.63) is 40.6 Å². The monoisotopic (exact) mass is 245 g/mol. The molecule has 1 heterocycles. The van der Waals surface area contributed by atoms with E-state index in [4.69, 9.17) is 5.73 Å². The van der Waals surface area contributed by atoms with Gasteiger partial charge in [-0.15, -0.1) is 11.3 Å². The summed E-state index contributed by atoms with van der Waals surface area (Å²) in [6, 6.07) is 10.4. The van der Waals surface area contributed by atoms with Crippen molar-refractivity contribution >= 4 is 17.0 Å². The van der Waals surface area contributed by atoms with E-state index in [2.05, 4.69) is 30.5 Å². The Morgan fingerprint density at radius 1 is 1.06 bits per heavy atom. The summed E-state index contributed by atoms with van der Waals surface area (Å²) >= 11 is 1.87. The number of hydrogen-bond donors (Lipinski definition) is 1. The summed E-state index contributed by atoms with van der Waals surface area (Å²) < 4.78 is 0. The highest BCUT2D eigenvalue weighted by Gasteiger charge is 2.02. The van der Waals surface area contributed by atoms with Gasteiger partial charge in [-0.2, -0.15) is 0 Å². The number of unbranched alkanes of at least 4 members (excludes halogenated alkanes) is 2. The molecule has 0 saturated carbocycles. The molecular formula is C15H19NS. The zero-order valence-electron chi connectivity index (χ0n) is 10.3. The standard InChI is InChI=1S/C15H19NS/c1-2-3-4-5-15-10-13(11-17-15)12-6-8-14(16)9-7-12/h6-11H,2-5,16H2,1H3. The number of anilines is 1. The SMILES string of the molecule is CCCCCc1cc(-c2ccc(N)cc2)cs1. The quantitative estimate of drug-likeness (QED) is 0.598. The zero-order chi connectivity index (χ0) is 12.1. The number of nitrogen functional groups attached to an aromatic ring is 1. The molecule has 0 saturated heterocycles. The second-order valence-electron chi connectivity index (χ2n) is 4.38. The van der Waals surface area contributed by atoms with Crippen LogP contribution >= 0.6 is 11.3 Å². The molecule has 1 aromatic carbocycles. The van der Waals surface area contributed by atoms with Gasteiger partial charge in [-0.3, -0.25) is 0 Å². The Bertz CT molecular complexity index is 456. The second kappa shape index (κ2) is 5.87. The van der Waals surface area contributed by atoms with Crippen molar-refractivity contribution in [2.75, 3.05) is 5.73 Å². The lowest BCUT2D eigenvalue weighted by molar-refractivity contribution is 0.723. The molecule has 0 aliphatic carbocycles. The van der Waals surface area contributed by atoms with E-state index in [0.29, 0.717) is 0 Å². The Labute approximate surface area is 107 Å². The van der Waals surface area contributed by atoms with Gasteiger partial charge in [-0.05, 0) is 47.5 Å². The number of nitrogens with two attached hydrogens (primary N) is 1. The summed E-state index contributed by atoms with van der Waals surface area (Å²) in [6.07, 6.45) is 5.14. The van der Waals surface area contributed by atoms with Crippen molar-refractivity contribution in [2.45, 2.75) is 32.6 Å². The molecule has 0 bridgehead atoms. The minimum absolute atomic E-state index is 0.826. The van der Waals surface area contributed by atoms with Gasteiger partial charge in [0.2, 0.25) is 0 Å². The van der Waals surface area contributed by atoms with Gasteiger partial charge in [0.15, 0.2) is 0 Å². The van der Waals surface area contributed by atoms with E-state index < -0.39 is 0 Å². The smallest absolute Gasteiger partial charge is 0.0314 e. The molecule has 2 heteroatoms. The Morgan fingerprint density at radius 2 is 1.82 bits per heavy atom. The predicted molar refractivity (Wildman–Crippen MR) is 77.4 cm³/mol. The third-order valence-electron chi connectivity index (χ3n) is 2.92. The minimum Gasteiger partial charge on any atom is -0.399 e. The van der Waals surface area contributed by atoms with Gasteiger partial charge in [0.25, 0.3) is 0 Å². The third kappa shape index (κ3) is 3.34. The minimum atomic E-state index is 0.826. The van der Waals surface area contributed by atoms with Crippen LogP contribution in [0.3, 0.4) is 0 Å². The summed E-state index contributed by atoms with van der Waals surface area (Å²) in [7, 11) is 0. The van der Waals surface area contributed by atoms with Crippen LogP contribution in [0.1, 0.15) is 31.1 Å². The molecular weight excluding hydrogens is 226 g/mol. The van der Waals surface area contributed by atoms with E-state index in [1.807, 2.05) is 23.5 Å². The average molecular weight is 245 g/mol. The molecule has 0 atom stereocenters. The van der Waals surface area contributed by atoms with Crippen LogP contribution in [-0.2, 0) is 6.42 Å².